The molecule has 0 aliphatic carbocycles. The molecule has 2 nitrogen and oxygen atoms in total. The van der Waals surface area contributed by atoms with Crippen LogP contribution < -0.4 is 5.32 Å². The van der Waals surface area contributed by atoms with E-state index in [4.69, 9.17) is 0 Å². The van der Waals surface area contributed by atoms with Gasteiger partial charge in [0.1, 0.15) is 11.6 Å². The van der Waals surface area contributed by atoms with E-state index in [0.717, 1.165) is 38.5 Å². The van der Waals surface area contributed by atoms with Crippen molar-refractivity contribution >= 4 is 0 Å². The standard InChI is InChI=1S/C14H20F2N2/c1-18(13-4-7-17-8-5-13)9-6-11-2-3-12(15)10-14(11)16/h2-3,10,13,17H,4-9H2,1H3. The number of nitrogens with zero attached hydrogens (tertiary/aromatic N) is 1. The molecule has 18 heavy (non-hydrogen) atoms. The Bertz CT molecular complexity index is 389. The van der Waals surface area contributed by atoms with Crippen molar-refractivity contribution in [1.82, 2.24) is 10.2 Å². The lowest BCUT2D eigenvalue weighted by molar-refractivity contribution is 0.200. The monoisotopic (exact) mass is 254 g/mol. The van der Waals surface area contributed by atoms with Crippen LogP contribution in [0, 0.1) is 11.6 Å². The summed E-state index contributed by atoms with van der Waals surface area (Å²) in [6.07, 6.45) is 2.91. The minimum Gasteiger partial charge on any atom is -0.317 e. The van der Waals surface area contributed by atoms with Gasteiger partial charge in [0.25, 0.3) is 0 Å². The zero-order chi connectivity index (χ0) is 13.0. The Kier molecular flexibility index (Phi) is 4.66. The molecule has 1 N–H and O–H groups in total. The van der Waals surface area contributed by atoms with Crippen LogP contribution in [0.2, 0.25) is 0 Å². The van der Waals surface area contributed by atoms with Crippen LogP contribution in [0.15, 0.2) is 18.2 Å². The van der Waals surface area contributed by atoms with E-state index < -0.39 is 11.6 Å². The van der Waals surface area contributed by atoms with Crippen LogP contribution in [-0.4, -0.2) is 37.6 Å². The molecule has 1 aromatic rings. The van der Waals surface area contributed by atoms with Gasteiger partial charge in [-0.05, 0) is 51.0 Å². The van der Waals surface area contributed by atoms with E-state index in [1.165, 1.54) is 6.07 Å². The fourth-order valence-corrected chi connectivity index (χ4v) is 2.45. The summed E-state index contributed by atoms with van der Waals surface area (Å²) >= 11 is 0. The predicted octanol–water partition coefficient (Wildman–Crippen LogP) is 2.19. The van der Waals surface area contributed by atoms with Gasteiger partial charge in [0.05, 0.1) is 0 Å². The summed E-state index contributed by atoms with van der Waals surface area (Å²) < 4.78 is 26.3. The quantitative estimate of drug-likeness (QED) is 0.886. The van der Waals surface area contributed by atoms with Gasteiger partial charge < -0.3 is 10.2 Å². The fraction of sp³-hybridized carbons (Fsp3) is 0.571. The first-order valence-electron chi connectivity index (χ1n) is 6.51. The molecule has 1 saturated heterocycles. The summed E-state index contributed by atoms with van der Waals surface area (Å²) in [5.74, 6) is -0.948. The van der Waals surface area contributed by atoms with E-state index in [1.54, 1.807) is 6.07 Å². The van der Waals surface area contributed by atoms with E-state index in [9.17, 15) is 8.78 Å². The summed E-state index contributed by atoms with van der Waals surface area (Å²) in [7, 11) is 2.08. The van der Waals surface area contributed by atoms with Crippen molar-refractivity contribution in [2.75, 3.05) is 26.7 Å². The van der Waals surface area contributed by atoms with Gasteiger partial charge in [0, 0.05) is 18.7 Å². The number of benzene rings is 1. The Labute approximate surface area is 107 Å². The molecule has 4 heteroatoms. The van der Waals surface area contributed by atoms with E-state index >= 15 is 0 Å². The number of likely N-dealkylation sites (N-methyl/N-ethyl adjacent to an activating group) is 1. The maximum atomic E-state index is 13.5. The molecule has 0 spiro atoms. The zero-order valence-corrected chi connectivity index (χ0v) is 10.8. The highest BCUT2D eigenvalue weighted by atomic mass is 19.1. The number of piperidine rings is 1. The van der Waals surface area contributed by atoms with Gasteiger partial charge in [-0.2, -0.15) is 0 Å². The highest BCUT2D eigenvalue weighted by Gasteiger charge is 2.17. The van der Waals surface area contributed by atoms with Gasteiger partial charge in [0.2, 0.25) is 0 Å². The maximum Gasteiger partial charge on any atom is 0.129 e. The molecule has 1 aromatic carbocycles. The second kappa shape index (κ2) is 6.25. The maximum absolute atomic E-state index is 13.5. The molecule has 0 bridgehead atoms. The molecule has 2 rings (SSSR count). The fourth-order valence-electron chi connectivity index (χ4n) is 2.45. The Morgan fingerprint density at radius 3 is 2.67 bits per heavy atom. The molecule has 1 fully saturated rings. The molecule has 1 aliphatic rings. The molecule has 0 saturated carbocycles. The lowest BCUT2D eigenvalue weighted by Crippen LogP contribution is -2.41. The summed E-state index contributed by atoms with van der Waals surface area (Å²) in [6.45, 7) is 2.92. The number of nitrogens with one attached hydrogen (secondary N) is 1. The molecular weight excluding hydrogens is 234 g/mol. The third kappa shape index (κ3) is 3.50. The Morgan fingerprint density at radius 1 is 1.28 bits per heavy atom. The first-order chi connectivity index (χ1) is 8.66. The lowest BCUT2D eigenvalue weighted by Gasteiger charge is -2.31. The Balaban J connectivity index is 1.86. The van der Waals surface area contributed by atoms with Crippen molar-refractivity contribution < 1.29 is 8.78 Å². The highest BCUT2D eigenvalue weighted by molar-refractivity contribution is 5.18. The van der Waals surface area contributed by atoms with Crippen molar-refractivity contribution in [3.8, 4) is 0 Å². The van der Waals surface area contributed by atoms with E-state index in [-0.39, 0.29) is 0 Å². The summed E-state index contributed by atoms with van der Waals surface area (Å²) in [5.41, 5.74) is 0.595. The molecule has 0 radical (unpaired) electrons. The molecule has 0 unspecified atom stereocenters. The molecule has 1 aliphatic heterocycles. The molecule has 0 amide bonds. The van der Waals surface area contributed by atoms with Gasteiger partial charge >= 0.3 is 0 Å². The van der Waals surface area contributed by atoms with Crippen LogP contribution in [0.3, 0.4) is 0 Å². The van der Waals surface area contributed by atoms with Crippen LogP contribution in [-0.2, 0) is 6.42 Å². The molecule has 1 heterocycles. The number of hydrogen-bond acceptors (Lipinski definition) is 2. The van der Waals surface area contributed by atoms with Crippen LogP contribution in [0.1, 0.15) is 18.4 Å². The third-order valence-electron chi connectivity index (χ3n) is 3.68. The number of halogens is 2. The van der Waals surface area contributed by atoms with E-state index in [1.807, 2.05) is 0 Å². The minimum absolute atomic E-state index is 0.436. The van der Waals surface area contributed by atoms with Gasteiger partial charge in [0.15, 0.2) is 0 Å². The number of rotatable bonds is 4. The molecule has 0 atom stereocenters. The topological polar surface area (TPSA) is 15.3 Å². The van der Waals surface area contributed by atoms with Crippen LogP contribution in [0.4, 0.5) is 8.78 Å². The van der Waals surface area contributed by atoms with Crippen molar-refractivity contribution in [3.63, 3.8) is 0 Å². The average Bonchev–Trinajstić information content (AvgIpc) is 2.38. The van der Waals surface area contributed by atoms with Gasteiger partial charge in [-0.25, -0.2) is 8.78 Å². The average molecular weight is 254 g/mol. The third-order valence-corrected chi connectivity index (χ3v) is 3.68. The van der Waals surface area contributed by atoms with Crippen LogP contribution in [0.5, 0.6) is 0 Å². The highest BCUT2D eigenvalue weighted by Crippen LogP contribution is 2.13. The summed E-state index contributed by atoms with van der Waals surface area (Å²) in [5, 5.41) is 3.33. The molecule has 100 valence electrons. The smallest absolute Gasteiger partial charge is 0.129 e. The van der Waals surface area contributed by atoms with Crippen LogP contribution >= 0.6 is 0 Å². The lowest BCUT2D eigenvalue weighted by atomic mass is 10.0. The minimum atomic E-state index is -0.511. The summed E-state index contributed by atoms with van der Waals surface area (Å²) in [6, 6.07) is 4.40. The Morgan fingerprint density at radius 2 is 2.00 bits per heavy atom. The first-order valence-corrected chi connectivity index (χ1v) is 6.51. The molecule has 0 aromatic heterocycles. The van der Waals surface area contributed by atoms with Gasteiger partial charge in [-0.1, -0.05) is 6.07 Å². The van der Waals surface area contributed by atoms with Crippen molar-refractivity contribution in [1.29, 1.82) is 0 Å². The van der Waals surface area contributed by atoms with Crippen molar-refractivity contribution in [3.05, 3.63) is 35.4 Å². The number of hydrogen-bond donors (Lipinski definition) is 1. The second-order valence-corrected chi connectivity index (χ2v) is 4.95. The van der Waals surface area contributed by atoms with E-state index in [2.05, 4.69) is 17.3 Å². The largest absolute Gasteiger partial charge is 0.317 e. The molecular formula is C14H20F2N2. The van der Waals surface area contributed by atoms with Crippen molar-refractivity contribution in [2.24, 2.45) is 0 Å². The van der Waals surface area contributed by atoms with Gasteiger partial charge in [-0.3, -0.25) is 0 Å². The van der Waals surface area contributed by atoms with E-state index in [0.29, 0.717) is 18.0 Å². The SMILES string of the molecule is CN(CCc1ccc(F)cc1F)C1CCNCC1. The zero-order valence-electron chi connectivity index (χ0n) is 10.8. The van der Waals surface area contributed by atoms with Crippen molar-refractivity contribution in [2.45, 2.75) is 25.3 Å². The predicted molar refractivity (Wildman–Crippen MR) is 68.6 cm³/mol. The summed E-state index contributed by atoms with van der Waals surface area (Å²) in [4.78, 5) is 2.28. The first kappa shape index (κ1) is 13.4. The van der Waals surface area contributed by atoms with Crippen LogP contribution in [0.25, 0.3) is 0 Å². The normalized spacial score (nSPS) is 17.3. The Hall–Kier alpha value is -1.00. The second-order valence-electron chi connectivity index (χ2n) is 4.95. The van der Waals surface area contributed by atoms with Gasteiger partial charge in [-0.15, -0.1) is 0 Å².